The average molecular weight is 363 g/mol. The number of rotatable bonds is 6. The van der Waals surface area contributed by atoms with E-state index in [9.17, 15) is 13.2 Å². The minimum Gasteiger partial charge on any atom is -0.421 e. The van der Waals surface area contributed by atoms with Gasteiger partial charge >= 0.3 is 0 Å². The molecule has 0 aliphatic heterocycles. The number of hydrogen-bond donors (Lipinski definition) is 1. The van der Waals surface area contributed by atoms with Gasteiger partial charge in [0.2, 0.25) is 17.7 Å². The van der Waals surface area contributed by atoms with Crippen LogP contribution in [0.2, 0.25) is 0 Å². The van der Waals surface area contributed by atoms with Crippen LogP contribution in [-0.2, 0) is 21.2 Å². The first kappa shape index (κ1) is 16.3. The highest BCUT2D eigenvalue weighted by atomic mass is 32.2. The molecular weight excluding hydrogens is 350 g/mol. The van der Waals surface area contributed by atoms with Crippen molar-refractivity contribution in [2.75, 3.05) is 0 Å². The monoisotopic (exact) mass is 363 g/mol. The smallest absolute Gasteiger partial charge is 0.264 e. The van der Waals surface area contributed by atoms with E-state index in [0.29, 0.717) is 5.89 Å². The van der Waals surface area contributed by atoms with E-state index in [0.717, 1.165) is 5.56 Å². The predicted octanol–water partition coefficient (Wildman–Crippen LogP) is 2.24. The van der Waals surface area contributed by atoms with E-state index in [1.54, 1.807) is 18.2 Å². The summed E-state index contributed by atoms with van der Waals surface area (Å²) in [5.74, 6) is 0.0289. The molecular formula is C15H13N3O4S2. The Morgan fingerprint density at radius 2 is 1.96 bits per heavy atom. The maximum absolute atomic E-state index is 12.0. The van der Waals surface area contributed by atoms with Crippen molar-refractivity contribution in [3.05, 3.63) is 53.0 Å². The lowest BCUT2D eigenvalue weighted by molar-refractivity contribution is -0.119. The quantitative estimate of drug-likeness (QED) is 0.720. The highest BCUT2D eigenvalue weighted by Gasteiger charge is 2.18. The molecule has 0 bridgehead atoms. The Bertz CT molecular complexity index is 919. The number of thiophene rings is 1. The van der Waals surface area contributed by atoms with Gasteiger partial charge in [0.05, 0.1) is 4.90 Å². The average Bonchev–Trinajstić information content (AvgIpc) is 3.25. The largest absolute Gasteiger partial charge is 0.421 e. The van der Waals surface area contributed by atoms with E-state index in [-0.39, 0.29) is 23.6 Å². The molecule has 2 aromatic heterocycles. The second-order valence-corrected chi connectivity index (χ2v) is 7.32. The summed E-state index contributed by atoms with van der Waals surface area (Å²) in [4.78, 5) is 11.9. The number of nitrogens with zero attached hydrogens (tertiary/aromatic N) is 2. The van der Waals surface area contributed by atoms with Gasteiger partial charge in [0.1, 0.15) is 0 Å². The maximum atomic E-state index is 12.0. The molecule has 0 saturated heterocycles. The zero-order valence-corrected chi connectivity index (χ0v) is 14.0. The fraction of sp³-hybridized carbons (Fsp3) is 0.133. The maximum Gasteiger partial charge on any atom is 0.264 e. The van der Waals surface area contributed by atoms with Crippen molar-refractivity contribution in [3.63, 3.8) is 0 Å². The lowest BCUT2D eigenvalue weighted by Crippen LogP contribution is -2.30. The molecule has 24 heavy (non-hydrogen) atoms. The Kier molecular flexibility index (Phi) is 4.72. The SMILES string of the molecule is O=C(CCc1nnc(-c2ccsc2)o1)NS(=O)(=O)c1ccccc1. The Morgan fingerprint density at radius 1 is 1.17 bits per heavy atom. The number of amides is 1. The van der Waals surface area contributed by atoms with Gasteiger partial charge in [0.25, 0.3) is 10.0 Å². The molecule has 7 nitrogen and oxygen atoms in total. The number of aromatic nitrogens is 2. The minimum absolute atomic E-state index is 0.0379. The van der Waals surface area contributed by atoms with Crippen LogP contribution >= 0.6 is 11.3 Å². The standard InChI is InChI=1S/C15H13N3O4S2/c19-13(18-24(20,21)12-4-2-1-3-5-12)6-7-14-16-17-15(22-14)11-8-9-23-10-11/h1-5,8-10H,6-7H2,(H,18,19). The molecule has 3 rings (SSSR count). The first-order valence-corrected chi connectivity index (χ1v) is 9.43. The fourth-order valence-electron chi connectivity index (χ4n) is 1.94. The second-order valence-electron chi connectivity index (χ2n) is 4.85. The van der Waals surface area contributed by atoms with E-state index >= 15 is 0 Å². The van der Waals surface area contributed by atoms with Crippen LogP contribution in [0.4, 0.5) is 0 Å². The first-order valence-electron chi connectivity index (χ1n) is 7.00. The molecule has 9 heteroatoms. The topological polar surface area (TPSA) is 102 Å². The van der Waals surface area contributed by atoms with Gasteiger partial charge in [-0.2, -0.15) is 11.3 Å². The lowest BCUT2D eigenvalue weighted by Gasteiger charge is -2.05. The highest BCUT2D eigenvalue weighted by Crippen LogP contribution is 2.20. The van der Waals surface area contributed by atoms with Crippen molar-refractivity contribution < 1.29 is 17.6 Å². The van der Waals surface area contributed by atoms with Crippen molar-refractivity contribution in [2.24, 2.45) is 0 Å². The normalized spacial score (nSPS) is 11.3. The van der Waals surface area contributed by atoms with E-state index in [4.69, 9.17) is 4.42 Å². The van der Waals surface area contributed by atoms with Crippen LogP contribution in [0.1, 0.15) is 12.3 Å². The van der Waals surface area contributed by atoms with Crippen LogP contribution in [0.3, 0.4) is 0 Å². The summed E-state index contributed by atoms with van der Waals surface area (Å²) in [7, 11) is -3.86. The summed E-state index contributed by atoms with van der Waals surface area (Å²) in [5.41, 5.74) is 0.815. The molecule has 0 unspecified atom stereocenters. The molecule has 0 aliphatic rings. The van der Waals surface area contributed by atoms with E-state index < -0.39 is 15.9 Å². The van der Waals surface area contributed by atoms with Crippen LogP contribution in [-0.4, -0.2) is 24.5 Å². The third-order valence-corrected chi connectivity index (χ3v) is 5.18. The number of aryl methyl sites for hydroxylation is 1. The summed E-state index contributed by atoms with van der Waals surface area (Å²) < 4.78 is 31.5. The van der Waals surface area contributed by atoms with Gasteiger partial charge in [0, 0.05) is 23.8 Å². The minimum atomic E-state index is -3.86. The number of carbonyl (C=O) groups is 1. The summed E-state index contributed by atoms with van der Waals surface area (Å²) >= 11 is 1.51. The Morgan fingerprint density at radius 3 is 2.67 bits per heavy atom. The van der Waals surface area contributed by atoms with Gasteiger partial charge < -0.3 is 4.42 Å². The summed E-state index contributed by atoms with van der Waals surface area (Å²) in [6.07, 6.45) is 0.0879. The van der Waals surface area contributed by atoms with Crippen LogP contribution in [0, 0.1) is 0 Å². The number of sulfonamides is 1. The van der Waals surface area contributed by atoms with Gasteiger partial charge in [-0.05, 0) is 23.6 Å². The zero-order chi connectivity index (χ0) is 17.0. The molecule has 1 N–H and O–H groups in total. The van der Waals surface area contributed by atoms with Gasteiger partial charge in [-0.1, -0.05) is 18.2 Å². The Balaban J connectivity index is 1.58. The van der Waals surface area contributed by atoms with Gasteiger partial charge in [0.15, 0.2) is 0 Å². The van der Waals surface area contributed by atoms with Crippen LogP contribution in [0.5, 0.6) is 0 Å². The summed E-state index contributed by atoms with van der Waals surface area (Å²) in [6.45, 7) is 0. The second kappa shape index (κ2) is 6.93. The van der Waals surface area contributed by atoms with Crippen molar-refractivity contribution in [1.29, 1.82) is 0 Å². The predicted molar refractivity (Wildman–Crippen MR) is 87.7 cm³/mol. The van der Waals surface area contributed by atoms with Crippen LogP contribution in [0.25, 0.3) is 11.5 Å². The number of nitrogens with one attached hydrogen (secondary N) is 1. The van der Waals surface area contributed by atoms with Crippen molar-refractivity contribution >= 4 is 27.3 Å². The highest BCUT2D eigenvalue weighted by molar-refractivity contribution is 7.90. The molecule has 2 heterocycles. The summed E-state index contributed by atoms with van der Waals surface area (Å²) in [5, 5.41) is 11.5. The fourth-order valence-corrected chi connectivity index (χ4v) is 3.60. The molecule has 0 aliphatic carbocycles. The van der Waals surface area contributed by atoms with E-state index in [2.05, 4.69) is 10.2 Å². The first-order chi connectivity index (χ1) is 11.5. The zero-order valence-electron chi connectivity index (χ0n) is 12.4. The van der Waals surface area contributed by atoms with Gasteiger partial charge in [-0.15, -0.1) is 10.2 Å². The van der Waals surface area contributed by atoms with Crippen LogP contribution in [0.15, 0.2) is 56.5 Å². The molecule has 0 spiro atoms. The van der Waals surface area contributed by atoms with E-state index in [1.165, 1.54) is 23.5 Å². The van der Waals surface area contributed by atoms with Crippen molar-refractivity contribution in [3.8, 4) is 11.5 Å². The molecule has 3 aromatic rings. The van der Waals surface area contributed by atoms with Crippen molar-refractivity contribution in [1.82, 2.24) is 14.9 Å². The van der Waals surface area contributed by atoms with Crippen LogP contribution < -0.4 is 4.72 Å². The third kappa shape index (κ3) is 3.87. The van der Waals surface area contributed by atoms with Gasteiger partial charge in [-0.3, -0.25) is 4.79 Å². The third-order valence-electron chi connectivity index (χ3n) is 3.10. The van der Waals surface area contributed by atoms with Crippen molar-refractivity contribution in [2.45, 2.75) is 17.7 Å². The molecule has 1 aromatic carbocycles. The Labute approximate surface area is 142 Å². The van der Waals surface area contributed by atoms with Gasteiger partial charge in [-0.25, -0.2) is 13.1 Å². The molecule has 0 fully saturated rings. The number of hydrogen-bond acceptors (Lipinski definition) is 7. The molecule has 1 amide bonds. The summed E-state index contributed by atoms with van der Waals surface area (Å²) in [6, 6.07) is 9.55. The Hall–Kier alpha value is -2.52. The lowest BCUT2D eigenvalue weighted by atomic mass is 10.3. The molecule has 0 radical (unpaired) electrons. The number of carbonyl (C=O) groups excluding carboxylic acids is 1. The molecule has 0 saturated carbocycles. The number of benzene rings is 1. The molecule has 0 atom stereocenters. The molecule has 124 valence electrons. The van der Waals surface area contributed by atoms with E-state index in [1.807, 2.05) is 21.5 Å².